The van der Waals surface area contributed by atoms with Gasteiger partial charge in [0.05, 0.1) is 7.11 Å². The van der Waals surface area contributed by atoms with Crippen LogP contribution in [0.15, 0.2) is 48.5 Å². The van der Waals surface area contributed by atoms with Crippen LogP contribution in [-0.4, -0.2) is 25.2 Å². The van der Waals surface area contributed by atoms with Crippen LogP contribution in [0, 0.1) is 0 Å². The lowest BCUT2D eigenvalue weighted by Crippen LogP contribution is -1.92. The van der Waals surface area contributed by atoms with Crippen LogP contribution in [0.3, 0.4) is 0 Å². The number of ether oxygens (including phenoxy) is 1. The predicted molar refractivity (Wildman–Crippen MR) is 84.6 cm³/mol. The van der Waals surface area contributed by atoms with Gasteiger partial charge in [-0.05, 0) is 35.4 Å². The number of aliphatic carboxylic acids is 1. The van der Waals surface area contributed by atoms with Gasteiger partial charge in [0.25, 0.3) is 0 Å². The third kappa shape index (κ3) is 3.63. The standard InChI is InChI=1S/C17H17NO3/c1-18-14-5-3-4-13(11-14)15-8-6-12(7-9-17(19)20)10-16(15)21-2/h3-11,18H,1-2H3,(H,19,20)/b9-7+. The molecule has 0 unspecified atom stereocenters. The van der Waals surface area contributed by atoms with Gasteiger partial charge < -0.3 is 15.2 Å². The molecule has 21 heavy (non-hydrogen) atoms. The molecule has 108 valence electrons. The third-order valence-electron chi connectivity index (χ3n) is 3.11. The Hall–Kier alpha value is -2.75. The number of rotatable bonds is 5. The molecule has 0 fully saturated rings. The number of hydrogen-bond donors (Lipinski definition) is 2. The molecule has 0 aromatic heterocycles. The lowest BCUT2D eigenvalue weighted by atomic mass is 10.0. The minimum Gasteiger partial charge on any atom is -0.496 e. The van der Waals surface area contributed by atoms with Crippen molar-refractivity contribution in [3.63, 3.8) is 0 Å². The lowest BCUT2D eigenvalue weighted by molar-refractivity contribution is -0.131. The first-order chi connectivity index (χ1) is 10.1. The summed E-state index contributed by atoms with van der Waals surface area (Å²) in [6.07, 6.45) is 2.65. The van der Waals surface area contributed by atoms with Crippen LogP contribution in [0.2, 0.25) is 0 Å². The Balaban J connectivity index is 2.42. The Morgan fingerprint density at radius 2 is 2.05 bits per heavy atom. The number of carbonyl (C=O) groups is 1. The summed E-state index contributed by atoms with van der Waals surface area (Å²) >= 11 is 0. The van der Waals surface area contributed by atoms with Gasteiger partial charge in [0.2, 0.25) is 0 Å². The highest BCUT2D eigenvalue weighted by Crippen LogP contribution is 2.32. The summed E-state index contributed by atoms with van der Waals surface area (Å²) in [7, 11) is 3.47. The number of methoxy groups -OCH3 is 1. The molecule has 0 aliphatic heterocycles. The van der Waals surface area contributed by atoms with Crippen molar-refractivity contribution < 1.29 is 14.6 Å². The van der Waals surface area contributed by atoms with E-state index in [9.17, 15) is 4.79 Å². The molecule has 2 N–H and O–H groups in total. The van der Waals surface area contributed by atoms with E-state index in [2.05, 4.69) is 5.32 Å². The maximum absolute atomic E-state index is 10.6. The van der Waals surface area contributed by atoms with Crippen molar-refractivity contribution in [3.05, 3.63) is 54.1 Å². The summed E-state index contributed by atoms with van der Waals surface area (Å²) in [5.41, 5.74) is 3.79. The number of carboxylic acid groups (broad SMARTS) is 1. The molecule has 2 aromatic rings. The summed E-state index contributed by atoms with van der Waals surface area (Å²) in [4.78, 5) is 10.6. The molecule has 0 aliphatic rings. The van der Waals surface area contributed by atoms with Gasteiger partial charge in [-0.25, -0.2) is 4.79 Å². The first kappa shape index (κ1) is 14.7. The van der Waals surface area contributed by atoms with Gasteiger partial charge >= 0.3 is 5.97 Å². The zero-order valence-corrected chi connectivity index (χ0v) is 12.0. The monoisotopic (exact) mass is 283 g/mol. The molecular weight excluding hydrogens is 266 g/mol. The van der Waals surface area contributed by atoms with E-state index >= 15 is 0 Å². The van der Waals surface area contributed by atoms with Crippen molar-refractivity contribution in [1.29, 1.82) is 0 Å². The van der Waals surface area contributed by atoms with E-state index in [0.29, 0.717) is 5.75 Å². The highest BCUT2D eigenvalue weighted by Gasteiger charge is 2.07. The molecule has 4 nitrogen and oxygen atoms in total. The van der Waals surface area contributed by atoms with E-state index < -0.39 is 5.97 Å². The second-order valence-electron chi connectivity index (χ2n) is 4.46. The Bertz CT molecular complexity index is 677. The summed E-state index contributed by atoms with van der Waals surface area (Å²) in [5, 5.41) is 11.8. The topological polar surface area (TPSA) is 58.6 Å². The van der Waals surface area contributed by atoms with Crippen LogP contribution in [-0.2, 0) is 4.79 Å². The Morgan fingerprint density at radius 3 is 2.71 bits per heavy atom. The normalized spacial score (nSPS) is 10.6. The molecule has 0 radical (unpaired) electrons. The minimum absolute atomic E-state index is 0.704. The molecule has 4 heteroatoms. The van der Waals surface area contributed by atoms with Crippen LogP contribution in [0.4, 0.5) is 5.69 Å². The van der Waals surface area contributed by atoms with Gasteiger partial charge in [-0.3, -0.25) is 0 Å². The summed E-state index contributed by atoms with van der Waals surface area (Å²) in [6, 6.07) is 13.6. The second-order valence-corrected chi connectivity index (χ2v) is 4.46. The maximum Gasteiger partial charge on any atom is 0.328 e. The van der Waals surface area contributed by atoms with Gasteiger partial charge in [0.15, 0.2) is 0 Å². The smallest absolute Gasteiger partial charge is 0.328 e. The summed E-state index contributed by atoms with van der Waals surface area (Å²) < 4.78 is 5.42. The predicted octanol–water partition coefficient (Wildman–Crippen LogP) is 3.50. The highest BCUT2D eigenvalue weighted by molar-refractivity contribution is 5.86. The molecule has 0 amide bonds. The Kier molecular flexibility index (Phi) is 4.61. The number of anilines is 1. The molecule has 0 saturated carbocycles. The number of benzene rings is 2. The number of nitrogens with one attached hydrogen (secondary N) is 1. The summed E-state index contributed by atoms with van der Waals surface area (Å²) in [6.45, 7) is 0. The molecule has 0 saturated heterocycles. The van der Waals surface area contributed by atoms with E-state index in [1.54, 1.807) is 13.2 Å². The fourth-order valence-corrected chi connectivity index (χ4v) is 2.06. The largest absolute Gasteiger partial charge is 0.496 e. The van der Waals surface area contributed by atoms with Gasteiger partial charge in [0.1, 0.15) is 5.75 Å². The average molecular weight is 283 g/mol. The zero-order valence-electron chi connectivity index (χ0n) is 12.0. The van der Waals surface area contributed by atoms with E-state index in [4.69, 9.17) is 9.84 Å². The van der Waals surface area contributed by atoms with Gasteiger partial charge in [-0.15, -0.1) is 0 Å². The fraction of sp³-hybridized carbons (Fsp3) is 0.118. The third-order valence-corrected chi connectivity index (χ3v) is 3.11. The van der Waals surface area contributed by atoms with Crippen LogP contribution < -0.4 is 10.1 Å². The molecule has 0 bridgehead atoms. The average Bonchev–Trinajstić information content (AvgIpc) is 2.52. The SMILES string of the molecule is CNc1cccc(-c2ccc(/C=C/C(=O)O)cc2OC)c1. The molecule has 2 rings (SSSR count). The number of carboxylic acids is 1. The van der Waals surface area contributed by atoms with Crippen molar-refractivity contribution in [2.45, 2.75) is 0 Å². The quantitative estimate of drug-likeness (QED) is 0.824. The first-order valence-corrected chi connectivity index (χ1v) is 6.51. The second kappa shape index (κ2) is 6.61. The van der Waals surface area contributed by atoms with E-state index in [1.165, 1.54) is 0 Å². The minimum atomic E-state index is -0.972. The van der Waals surface area contributed by atoms with Crippen molar-refractivity contribution in [1.82, 2.24) is 0 Å². The van der Waals surface area contributed by atoms with Crippen LogP contribution in [0.1, 0.15) is 5.56 Å². The molecule has 2 aromatic carbocycles. The fourth-order valence-electron chi connectivity index (χ4n) is 2.06. The molecule has 0 aliphatic carbocycles. The Morgan fingerprint density at radius 1 is 1.24 bits per heavy atom. The molecule has 0 spiro atoms. The lowest BCUT2D eigenvalue weighted by Gasteiger charge is -2.11. The van der Waals surface area contributed by atoms with Crippen molar-refractivity contribution >= 4 is 17.7 Å². The summed E-state index contributed by atoms with van der Waals surface area (Å²) in [5.74, 6) is -0.268. The molecule has 0 atom stereocenters. The molecular formula is C17H17NO3. The van der Waals surface area contributed by atoms with E-state index in [0.717, 1.165) is 28.5 Å². The van der Waals surface area contributed by atoms with Gasteiger partial charge in [0, 0.05) is 24.4 Å². The van der Waals surface area contributed by atoms with Crippen LogP contribution in [0.25, 0.3) is 17.2 Å². The number of hydrogen-bond acceptors (Lipinski definition) is 3. The van der Waals surface area contributed by atoms with Crippen LogP contribution in [0.5, 0.6) is 5.75 Å². The Labute approximate surface area is 123 Å². The maximum atomic E-state index is 10.6. The first-order valence-electron chi connectivity index (χ1n) is 6.51. The van der Waals surface area contributed by atoms with Crippen molar-refractivity contribution in [3.8, 4) is 16.9 Å². The van der Waals surface area contributed by atoms with Crippen molar-refractivity contribution in [2.24, 2.45) is 0 Å². The highest BCUT2D eigenvalue weighted by atomic mass is 16.5. The zero-order chi connectivity index (χ0) is 15.2. The van der Waals surface area contributed by atoms with E-state index in [-0.39, 0.29) is 0 Å². The van der Waals surface area contributed by atoms with E-state index in [1.807, 2.05) is 49.5 Å². The molecule has 0 heterocycles. The van der Waals surface area contributed by atoms with Gasteiger partial charge in [-0.2, -0.15) is 0 Å². The van der Waals surface area contributed by atoms with Crippen molar-refractivity contribution in [2.75, 3.05) is 19.5 Å². The van der Waals surface area contributed by atoms with Crippen LogP contribution >= 0.6 is 0 Å². The van der Waals surface area contributed by atoms with Gasteiger partial charge in [-0.1, -0.05) is 24.3 Å².